The van der Waals surface area contributed by atoms with Crippen LogP contribution in [0.5, 0.6) is 0 Å². The highest BCUT2D eigenvalue weighted by Gasteiger charge is 2.59. The molecule has 1 saturated heterocycles. The van der Waals surface area contributed by atoms with Crippen LogP contribution in [0.4, 0.5) is 0 Å². The SMILES string of the molecule is COC(=O)CC[C@@H](C)[C@H]1CC[C@H]2[C@@H]3CC=C4C[C@@H](OCC5COC5)CC[C@]4(C)[C@H]3CC[C@]12C. The molecule has 5 rings (SSSR count). The van der Waals surface area contributed by atoms with Crippen LogP contribution in [-0.4, -0.2) is 39.0 Å². The second kappa shape index (κ2) is 9.30. The molecule has 0 spiro atoms. The van der Waals surface area contributed by atoms with Crippen molar-refractivity contribution in [3.05, 3.63) is 11.6 Å². The summed E-state index contributed by atoms with van der Waals surface area (Å²) in [5, 5.41) is 0. The minimum Gasteiger partial charge on any atom is -0.469 e. The van der Waals surface area contributed by atoms with Gasteiger partial charge in [0.1, 0.15) is 0 Å². The fourth-order valence-corrected chi connectivity index (χ4v) is 9.05. The number of fused-ring (bicyclic) bond motifs is 5. The Morgan fingerprint density at radius 3 is 2.70 bits per heavy atom. The number of ether oxygens (including phenoxy) is 3. The molecule has 4 nitrogen and oxygen atoms in total. The van der Waals surface area contributed by atoms with Crippen molar-refractivity contribution in [2.24, 2.45) is 46.3 Å². The first-order valence-corrected chi connectivity index (χ1v) is 13.8. The molecule has 0 amide bonds. The molecule has 33 heavy (non-hydrogen) atoms. The molecule has 1 aliphatic heterocycles. The largest absolute Gasteiger partial charge is 0.469 e. The summed E-state index contributed by atoms with van der Waals surface area (Å²) in [5.41, 5.74) is 2.55. The van der Waals surface area contributed by atoms with E-state index in [9.17, 15) is 4.79 Å². The molecule has 0 N–H and O–H groups in total. The van der Waals surface area contributed by atoms with E-state index in [1.54, 1.807) is 5.57 Å². The Morgan fingerprint density at radius 2 is 1.97 bits per heavy atom. The molecule has 0 bridgehead atoms. The summed E-state index contributed by atoms with van der Waals surface area (Å²) in [5.74, 6) is 4.48. The predicted octanol–water partition coefficient (Wildman–Crippen LogP) is 6.19. The Hall–Kier alpha value is -0.870. The van der Waals surface area contributed by atoms with Gasteiger partial charge >= 0.3 is 5.97 Å². The lowest BCUT2D eigenvalue weighted by Gasteiger charge is -2.58. The van der Waals surface area contributed by atoms with E-state index in [1.165, 1.54) is 52.1 Å². The van der Waals surface area contributed by atoms with Gasteiger partial charge in [0.05, 0.1) is 33.0 Å². The van der Waals surface area contributed by atoms with E-state index in [4.69, 9.17) is 14.2 Å². The summed E-state index contributed by atoms with van der Waals surface area (Å²) in [6.07, 6.45) is 15.1. The van der Waals surface area contributed by atoms with Crippen molar-refractivity contribution in [3.63, 3.8) is 0 Å². The van der Waals surface area contributed by atoms with Crippen LogP contribution in [0.2, 0.25) is 0 Å². The molecule has 4 aliphatic carbocycles. The van der Waals surface area contributed by atoms with Crippen molar-refractivity contribution in [2.45, 2.75) is 91.1 Å². The van der Waals surface area contributed by atoms with E-state index >= 15 is 0 Å². The molecule has 3 saturated carbocycles. The minimum atomic E-state index is -0.0521. The molecule has 8 atom stereocenters. The van der Waals surface area contributed by atoms with Gasteiger partial charge in [0.2, 0.25) is 0 Å². The van der Waals surface area contributed by atoms with Crippen molar-refractivity contribution in [1.29, 1.82) is 0 Å². The van der Waals surface area contributed by atoms with Gasteiger partial charge in [-0.1, -0.05) is 32.4 Å². The molecule has 1 heterocycles. The average Bonchev–Trinajstić information content (AvgIpc) is 3.13. The Kier molecular flexibility index (Phi) is 6.72. The fourth-order valence-electron chi connectivity index (χ4n) is 9.05. The first-order valence-electron chi connectivity index (χ1n) is 13.8. The van der Waals surface area contributed by atoms with Gasteiger partial charge < -0.3 is 14.2 Å². The highest BCUT2D eigenvalue weighted by atomic mass is 16.5. The van der Waals surface area contributed by atoms with Gasteiger partial charge in [-0.05, 0) is 98.2 Å². The Bertz CT molecular complexity index is 757. The maximum absolute atomic E-state index is 11.7. The van der Waals surface area contributed by atoms with E-state index < -0.39 is 0 Å². The van der Waals surface area contributed by atoms with Gasteiger partial charge in [-0.3, -0.25) is 4.79 Å². The summed E-state index contributed by atoms with van der Waals surface area (Å²) in [6.45, 7) is 10.3. The first-order chi connectivity index (χ1) is 15.8. The van der Waals surface area contributed by atoms with Gasteiger partial charge in [-0.25, -0.2) is 0 Å². The summed E-state index contributed by atoms with van der Waals surface area (Å²) in [4.78, 5) is 11.7. The van der Waals surface area contributed by atoms with Crippen molar-refractivity contribution in [2.75, 3.05) is 26.9 Å². The molecule has 0 radical (unpaired) electrons. The average molecular weight is 459 g/mol. The van der Waals surface area contributed by atoms with Gasteiger partial charge in [0, 0.05) is 12.3 Å². The van der Waals surface area contributed by atoms with E-state index in [2.05, 4.69) is 26.8 Å². The van der Waals surface area contributed by atoms with E-state index in [-0.39, 0.29) is 5.97 Å². The molecular formula is C29H46O4. The smallest absolute Gasteiger partial charge is 0.305 e. The predicted molar refractivity (Wildman–Crippen MR) is 130 cm³/mol. The molecule has 5 aliphatic rings. The third-order valence-electron chi connectivity index (χ3n) is 11.1. The van der Waals surface area contributed by atoms with Gasteiger partial charge in [-0.15, -0.1) is 0 Å². The molecule has 4 fully saturated rings. The maximum atomic E-state index is 11.7. The van der Waals surface area contributed by atoms with Crippen LogP contribution in [-0.2, 0) is 19.0 Å². The topological polar surface area (TPSA) is 44.8 Å². The molecule has 4 heteroatoms. The number of carbonyl (C=O) groups is 1. The number of hydrogen-bond acceptors (Lipinski definition) is 4. The third kappa shape index (κ3) is 4.22. The van der Waals surface area contributed by atoms with Gasteiger partial charge in [-0.2, -0.15) is 0 Å². The number of rotatable bonds is 7. The zero-order valence-electron chi connectivity index (χ0n) is 21.4. The van der Waals surface area contributed by atoms with Crippen LogP contribution in [0.3, 0.4) is 0 Å². The normalized spacial score (nSPS) is 43.5. The van der Waals surface area contributed by atoms with Crippen LogP contribution in [0.1, 0.15) is 85.0 Å². The zero-order chi connectivity index (χ0) is 23.2. The Morgan fingerprint density at radius 1 is 1.15 bits per heavy atom. The summed E-state index contributed by atoms with van der Waals surface area (Å²) in [6, 6.07) is 0. The second-order valence-electron chi connectivity index (χ2n) is 12.7. The van der Waals surface area contributed by atoms with E-state index in [0.29, 0.717) is 35.2 Å². The molecule has 0 unspecified atom stereocenters. The zero-order valence-corrected chi connectivity index (χ0v) is 21.4. The Balaban J connectivity index is 1.25. The molecule has 0 aromatic carbocycles. The summed E-state index contributed by atoms with van der Waals surface area (Å²) in [7, 11) is 1.51. The van der Waals surface area contributed by atoms with Crippen LogP contribution in [0.15, 0.2) is 11.6 Å². The number of methoxy groups -OCH3 is 1. The van der Waals surface area contributed by atoms with Crippen molar-refractivity contribution >= 4 is 5.97 Å². The van der Waals surface area contributed by atoms with E-state index in [1.807, 2.05) is 0 Å². The highest BCUT2D eigenvalue weighted by molar-refractivity contribution is 5.69. The Labute approximate surface area is 201 Å². The highest BCUT2D eigenvalue weighted by Crippen LogP contribution is 2.67. The number of allylic oxidation sites excluding steroid dienone is 1. The van der Waals surface area contributed by atoms with Crippen molar-refractivity contribution in [3.8, 4) is 0 Å². The molecule has 0 aromatic heterocycles. The van der Waals surface area contributed by atoms with Crippen LogP contribution < -0.4 is 0 Å². The number of esters is 1. The van der Waals surface area contributed by atoms with Gasteiger partial charge in [0.25, 0.3) is 0 Å². The third-order valence-corrected chi connectivity index (χ3v) is 11.1. The van der Waals surface area contributed by atoms with Gasteiger partial charge in [0.15, 0.2) is 0 Å². The lowest BCUT2D eigenvalue weighted by Crippen LogP contribution is -2.51. The molecule has 0 aromatic rings. The number of hydrogen-bond donors (Lipinski definition) is 0. The monoisotopic (exact) mass is 458 g/mol. The number of carbonyl (C=O) groups excluding carboxylic acids is 1. The van der Waals surface area contributed by atoms with E-state index in [0.717, 1.165) is 56.3 Å². The fraction of sp³-hybridized carbons (Fsp3) is 0.897. The minimum absolute atomic E-state index is 0.0521. The lowest BCUT2D eigenvalue weighted by molar-refractivity contribution is -0.141. The molecular weight excluding hydrogens is 412 g/mol. The second-order valence-corrected chi connectivity index (χ2v) is 12.7. The van der Waals surface area contributed by atoms with Crippen LogP contribution in [0, 0.1) is 46.3 Å². The summed E-state index contributed by atoms with van der Waals surface area (Å²) < 4.78 is 16.6. The maximum Gasteiger partial charge on any atom is 0.305 e. The molecule has 186 valence electrons. The summed E-state index contributed by atoms with van der Waals surface area (Å²) >= 11 is 0. The lowest BCUT2D eigenvalue weighted by atomic mass is 9.47. The van der Waals surface area contributed by atoms with Crippen molar-refractivity contribution in [1.82, 2.24) is 0 Å². The van der Waals surface area contributed by atoms with Crippen LogP contribution >= 0.6 is 0 Å². The first kappa shape index (κ1) is 23.9. The quantitative estimate of drug-likeness (QED) is 0.337. The van der Waals surface area contributed by atoms with Crippen LogP contribution in [0.25, 0.3) is 0 Å². The standard InChI is InChI=1S/C29H46O4/c1-19(5-10-27(30)31-4)24-8-9-25-23-7-6-21-15-22(33-18-20-16-32-17-20)11-13-28(21,2)26(23)12-14-29(24,25)3/h6,19-20,22-26H,5,7-18H2,1-4H3/t19-,22+,23+,24-,25+,26+,28+,29-/m1/s1. The van der Waals surface area contributed by atoms with Crippen molar-refractivity contribution < 1.29 is 19.0 Å².